The summed E-state index contributed by atoms with van der Waals surface area (Å²) in [6.45, 7) is 0.833. The summed E-state index contributed by atoms with van der Waals surface area (Å²) in [5.74, 6) is 0.415. The molecule has 0 aliphatic carbocycles. The topological polar surface area (TPSA) is 67.5 Å². The highest BCUT2D eigenvalue weighted by molar-refractivity contribution is 5.91. The zero-order valence-corrected chi connectivity index (χ0v) is 16.0. The Labute approximate surface area is 171 Å². The Balaban J connectivity index is 1.34. The van der Waals surface area contributed by atoms with Crippen molar-refractivity contribution in [3.8, 4) is 17.1 Å². The number of halogens is 2. The molecule has 7 heteroatoms. The Bertz CT molecular complexity index is 1150. The average molecular weight is 410 g/mol. The number of rotatable bonds is 8. The third kappa shape index (κ3) is 4.82. The van der Waals surface area contributed by atoms with Crippen LogP contribution in [-0.2, 0) is 6.54 Å². The second-order valence-corrected chi connectivity index (χ2v) is 6.93. The molecular weight excluding hydrogens is 390 g/mol. The average Bonchev–Trinajstić information content (AvgIpc) is 3.15. The molecule has 0 aliphatic rings. The van der Waals surface area contributed by atoms with E-state index in [1.807, 2.05) is 12.1 Å². The van der Waals surface area contributed by atoms with Crippen LogP contribution in [0.5, 0.6) is 5.75 Å². The Morgan fingerprint density at radius 1 is 1.00 bits per heavy atom. The Hall–Kier alpha value is -3.29. The van der Waals surface area contributed by atoms with Crippen LogP contribution in [-0.4, -0.2) is 29.5 Å². The van der Waals surface area contributed by atoms with Crippen molar-refractivity contribution in [3.63, 3.8) is 0 Å². The van der Waals surface area contributed by atoms with E-state index in [0.717, 1.165) is 11.1 Å². The molecule has 1 heterocycles. The zero-order chi connectivity index (χ0) is 20.9. The molecule has 1 unspecified atom stereocenters. The number of nitrogens with zero attached hydrogens (tertiary/aromatic N) is 1. The third-order valence-corrected chi connectivity index (χ3v) is 4.58. The molecule has 4 aromatic rings. The first-order valence-electron chi connectivity index (χ1n) is 9.50. The van der Waals surface area contributed by atoms with Gasteiger partial charge in [0.1, 0.15) is 35.6 Å². The van der Waals surface area contributed by atoms with E-state index < -0.39 is 6.10 Å². The first-order chi connectivity index (χ1) is 14.6. The van der Waals surface area contributed by atoms with Crippen molar-refractivity contribution in [2.24, 2.45) is 0 Å². The summed E-state index contributed by atoms with van der Waals surface area (Å²) in [5, 5.41) is 17.8. The number of ether oxygens (including phenoxy) is 1. The monoisotopic (exact) mass is 410 g/mol. The van der Waals surface area contributed by atoms with Crippen LogP contribution in [0.25, 0.3) is 22.2 Å². The number of aromatic nitrogens is 1. The largest absolute Gasteiger partial charge is 0.491 e. The van der Waals surface area contributed by atoms with Crippen LogP contribution in [0.1, 0.15) is 5.56 Å². The van der Waals surface area contributed by atoms with Crippen LogP contribution >= 0.6 is 0 Å². The van der Waals surface area contributed by atoms with Gasteiger partial charge in [0.2, 0.25) is 0 Å². The van der Waals surface area contributed by atoms with Gasteiger partial charge in [-0.15, -0.1) is 0 Å². The van der Waals surface area contributed by atoms with Gasteiger partial charge < -0.3 is 19.7 Å². The quantitative estimate of drug-likeness (QED) is 0.453. The fourth-order valence-corrected chi connectivity index (χ4v) is 3.13. The van der Waals surface area contributed by atoms with Gasteiger partial charge in [-0.05, 0) is 42.0 Å². The smallest absolute Gasteiger partial charge is 0.174 e. The van der Waals surface area contributed by atoms with Gasteiger partial charge in [0.25, 0.3) is 0 Å². The zero-order valence-electron chi connectivity index (χ0n) is 16.0. The molecule has 4 rings (SSSR count). The maximum atomic E-state index is 13.3. The number of hydrogen-bond donors (Lipinski definition) is 2. The van der Waals surface area contributed by atoms with Gasteiger partial charge in [0.05, 0.1) is 0 Å². The maximum Gasteiger partial charge on any atom is 0.174 e. The Kier molecular flexibility index (Phi) is 6.02. The highest BCUT2D eigenvalue weighted by Crippen LogP contribution is 2.31. The maximum absolute atomic E-state index is 13.3. The number of hydrogen-bond acceptors (Lipinski definition) is 5. The molecule has 0 radical (unpaired) electrons. The number of aliphatic hydroxyl groups excluding tert-OH is 1. The summed E-state index contributed by atoms with van der Waals surface area (Å²) in [5.41, 5.74) is 1.98. The van der Waals surface area contributed by atoms with Crippen LogP contribution in [0.3, 0.4) is 0 Å². The Morgan fingerprint density at radius 3 is 2.70 bits per heavy atom. The summed E-state index contributed by atoms with van der Waals surface area (Å²) < 4.78 is 37.6. The van der Waals surface area contributed by atoms with Crippen molar-refractivity contribution in [1.82, 2.24) is 10.5 Å². The van der Waals surface area contributed by atoms with Crippen molar-refractivity contribution in [1.29, 1.82) is 0 Å². The van der Waals surface area contributed by atoms with Crippen molar-refractivity contribution in [2.45, 2.75) is 12.6 Å². The number of aliphatic hydroxyl groups is 1. The molecular formula is C23H20F2N2O3. The van der Waals surface area contributed by atoms with Gasteiger partial charge in [0.15, 0.2) is 5.76 Å². The summed E-state index contributed by atoms with van der Waals surface area (Å²) in [6, 6.07) is 17.8. The van der Waals surface area contributed by atoms with E-state index in [2.05, 4.69) is 10.5 Å². The fourth-order valence-electron chi connectivity index (χ4n) is 3.13. The van der Waals surface area contributed by atoms with Crippen LogP contribution < -0.4 is 10.1 Å². The molecule has 1 atom stereocenters. The van der Waals surface area contributed by atoms with E-state index in [-0.39, 0.29) is 18.2 Å². The van der Waals surface area contributed by atoms with Crippen molar-refractivity contribution in [3.05, 3.63) is 83.9 Å². The van der Waals surface area contributed by atoms with E-state index >= 15 is 0 Å². The first kappa shape index (κ1) is 20.0. The molecule has 154 valence electrons. The predicted molar refractivity (Wildman–Crippen MR) is 109 cm³/mol. The number of fused-ring (bicyclic) bond motifs is 1. The van der Waals surface area contributed by atoms with Gasteiger partial charge in [0, 0.05) is 30.1 Å². The molecule has 0 aliphatic heterocycles. The van der Waals surface area contributed by atoms with E-state index in [4.69, 9.17) is 9.26 Å². The van der Waals surface area contributed by atoms with Crippen molar-refractivity contribution < 1.29 is 23.1 Å². The lowest BCUT2D eigenvalue weighted by Crippen LogP contribution is -2.31. The van der Waals surface area contributed by atoms with E-state index in [9.17, 15) is 13.9 Å². The van der Waals surface area contributed by atoms with Gasteiger partial charge in [-0.1, -0.05) is 29.4 Å². The predicted octanol–water partition coefficient (Wildman–Crippen LogP) is 4.30. The molecule has 0 spiro atoms. The summed E-state index contributed by atoms with van der Waals surface area (Å²) in [4.78, 5) is 0. The molecule has 0 bridgehead atoms. The van der Waals surface area contributed by atoms with Crippen LogP contribution in [0.4, 0.5) is 8.78 Å². The van der Waals surface area contributed by atoms with Gasteiger partial charge in [-0.3, -0.25) is 0 Å². The van der Waals surface area contributed by atoms with Crippen LogP contribution in [0.15, 0.2) is 71.3 Å². The lowest BCUT2D eigenvalue weighted by atomic mass is 10.1. The first-order valence-corrected chi connectivity index (χ1v) is 9.50. The molecule has 5 nitrogen and oxygen atoms in total. The molecule has 0 saturated heterocycles. The normalized spacial score (nSPS) is 12.2. The summed E-state index contributed by atoms with van der Waals surface area (Å²) in [6.07, 6.45) is -0.740. The SMILES string of the molecule is OC(CNCc1cccc(F)c1)COc1cccc(-c2onc3cc(F)ccc23)c1. The molecule has 3 aromatic carbocycles. The molecule has 1 aromatic heterocycles. The van der Waals surface area contributed by atoms with E-state index in [1.165, 1.54) is 24.3 Å². The second-order valence-electron chi connectivity index (χ2n) is 6.93. The molecule has 0 fully saturated rings. The fraction of sp³-hybridized carbons (Fsp3) is 0.174. The molecule has 0 saturated carbocycles. The lowest BCUT2D eigenvalue weighted by molar-refractivity contribution is 0.106. The van der Waals surface area contributed by atoms with E-state index in [0.29, 0.717) is 35.5 Å². The van der Waals surface area contributed by atoms with Gasteiger partial charge in [-0.2, -0.15) is 0 Å². The van der Waals surface area contributed by atoms with Crippen LogP contribution in [0.2, 0.25) is 0 Å². The molecule has 30 heavy (non-hydrogen) atoms. The number of nitrogens with one attached hydrogen (secondary N) is 1. The lowest BCUT2D eigenvalue weighted by Gasteiger charge is -2.14. The minimum absolute atomic E-state index is 0.0853. The van der Waals surface area contributed by atoms with Crippen molar-refractivity contribution >= 4 is 10.9 Å². The standard InChI is InChI=1S/C23H20F2N2O3/c24-17-5-1-3-15(9-17)12-26-13-19(28)14-29-20-6-2-4-16(10-20)23-21-8-7-18(25)11-22(21)27-30-23/h1-11,19,26,28H,12-14H2. The van der Waals surface area contributed by atoms with Crippen molar-refractivity contribution in [2.75, 3.05) is 13.2 Å². The highest BCUT2D eigenvalue weighted by atomic mass is 19.1. The van der Waals surface area contributed by atoms with Crippen LogP contribution in [0, 0.1) is 11.6 Å². The summed E-state index contributed by atoms with van der Waals surface area (Å²) >= 11 is 0. The highest BCUT2D eigenvalue weighted by Gasteiger charge is 2.13. The summed E-state index contributed by atoms with van der Waals surface area (Å²) in [7, 11) is 0. The van der Waals surface area contributed by atoms with Gasteiger partial charge in [-0.25, -0.2) is 8.78 Å². The third-order valence-electron chi connectivity index (χ3n) is 4.58. The minimum atomic E-state index is -0.740. The van der Waals surface area contributed by atoms with E-state index in [1.54, 1.807) is 30.3 Å². The van der Waals surface area contributed by atoms with Gasteiger partial charge >= 0.3 is 0 Å². The second kappa shape index (κ2) is 9.02. The molecule has 0 amide bonds. The molecule has 2 N–H and O–H groups in total. The minimum Gasteiger partial charge on any atom is -0.491 e. The Morgan fingerprint density at radius 2 is 1.83 bits per heavy atom. The number of benzene rings is 3.